The predicted molar refractivity (Wildman–Crippen MR) is 173 cm³/mol. The summed E-state index contributed by atoms with van der Waals surface area (Å²) in [5.74, 6) is -0.271. The maximum absolute atomic E-state index is 13.5. The van der Waals surface area contributed by atoms with Gasteiger partial charge in [0, 0.05) is 0 Å². The molecule has 0 fully saturated rings. The molecule has 1 N–H and O–H groups in total. The van der Waals surface area contributed by atoms with Crippen LogP contribution in [0.3, 0.4) is 0 Å². The molecule has 0 aliphatic heterocycles. The van der Waals surface area contributed by atoms with Gasteiger partial charge in [0.15, 0.2) is 11.5 Å². The summed E-state index contributed by atoms with van der Waals surface area (Å²) in [5, 5.41) is 2.43. The highest BCUT2D eigenvalue weighted by atomic mass is 31.2. The van der Waals surface area contributed by atoms with E-state index >= 15 is 0 Å². The number of esters is 1. The first-order valence-electron chi connectivity index (χ1n) is 14.5. The first kappa shape index (κ1) is 36.3. The minimum Gasteiger partial charge on any atom is -0.485 e. The molecule has 3 aromatic carbocycles. The van der Waals surface area contributed by atoms with Gasteiger partial charge in [0.25, 0.3) is 0 Å². The van der Waals surface area contributed by atoms with Gasteiger partial charge in [-0.05, 0) is 76.4 Å². The van der Waals surface area contributed by atoms with E-state index in [9.17, 15) is 14.2 Å². The molecule has 3 rings (SSSR count). The molecule has 0 spiro atoms. The minimum atomic E-state index is -4.07. The van der Waals surface area contributed by atoms with Crippen LogP contribution in [0.5, 0.6) is 11.5 Å². The number of hydrogen-bond acceptors (Lipinski definition) is 10. The quantitative estimate of drug-likeness (QED) is 0.0795. The first-order valence-corrected chi connectivity index (χ1v) is 16.0. The van der Waals surface area contributed by atoms with E-state index < -0.39 is 37.9 Å². The maximum atomic E-state index is 13.5. The lowest BCUT2D eigenvalue weighted by molar-refractivity contribution is -0.136. The zero-order chi connectivity index (χ0) is 33.8. The largest absolute Gasteiger partial charge is 0.485 e. The average Bonchev–Trinajstić information content (AvgIpc) is 2.98. The van der Waals surface area contributed by atoms with Crippen LogP contribution in [0.15, 0.2) is 84.6 Å². The Hall–Kier alpha value is -4.15. The second kappa shape index (κ2) is 16.4. The number of alkyl carbamates (subject to hydrolysis) is 1. The third-order valence-corrected chi connectivity index (χ3v) is 7.53. The van der Waals surface area contributed by atoms with Crippen molar-refractivity contribution < 1.29 is 46.7 Å². The molecule has 0 aliphatic rings. The summed E-state index contributed by atoms with van der Waals surface area (Å²) in [6.07, 6.45) is 0.544. The van der Waals surface area contributed by atoms with Crippen molar-refractivity contribution in [2.45, 2.75) is 66.0 Å². The molecular weight excluding hydrogens is 613 g/mol. The summed E-state index contributed by atoms with van der Waals surface area (Å²) in [4.78, 5) is 25.1. The summed E-state index contributed by atoms with van der Waals surface area (Å²) in [5.41, 5.74) is 0.278. The standard InChI is InChI=1S/C34H42NO10P/c1-33(2,3)44-46(38,45-34(4,5)6)43-24-42-30-21-27(18-19-29(30)40-22-25-14-10-8-11-15-25)20-28(31(36)39-7)35-32(37)41-23-26-16-12-9-13-17-26/h8-21H,22-24H2,1-7H3,(H,35,37). The third-order valence-electron chi connectivity index (χ3n) is 5.57. The summed E-state index contributed by atoms with van der Waals surface area (Å²) < 4.78 is 52.4. The number of phosphoric ester groups is 1. The smallest absolute Gasteiger partial charge is 0.478 e. The van der Waals surface area contributed by atoms with E-state index in [2.05, 4.69) is 5.32 Å². The van der Waals surface area contributed by atoms with Crippen LogP contribution in [0.2, 0.25) is 0 Å². The van der Waals surface area contributed by atoms with Gasteiger partial charge < -0.3 is 18.9 Å². The van der Waals surface area contributed by atoms with Gasteiger partial charge in [0.05, 0.1) is 18.3 Å². The molecule has 3 aromatic rings. The van der Waals surface area contributed by atoms with Crippen molar-refractivity contribution in [3.05, 3.63) is 101 Å². The lowest BCUT2D eigenvalue weighted by Gasteiger charge is -2.30. The molecule has 0 bridgehead atoms. The Morgan fingerprint density at radius 3 is 1.87 bits per heavy atom. The summed E-state index contributed by atoms with van der Waals surface area (Å²) in [6, 6.07) is 23.5. The number of rotatable bonds is 14. The van der Waals surface area contributed by atoms with E-state index in [1.807, 2.05) is 48.5 Å². The molecule has 1 amide bonds. The molecule has 11 nitrogen and oxygen atoms in total. The molecular formula is C34H42NO10P. The molecule has 0 heterocycles. The Labute approximate surface area is 270 Å². The highest BCUT2D eigenvalue weighted by Gasteiger charge is 2.37. The molecule has 0 saturated carbocycles. The SMILES string of the molecule is COC(=O)C(=Cc1ccc(OCc2ccccc2)c(OCOP(=O)(OC(C)(C)C)OC(C)(C)C)c1)NC(=O)OCc1ccccc1. The topological polar surface area (TPSA) is 128 Å². The van der Waals surface area contributed by atoms with Gasteiger partial charge in [-0.25, -0.2) is 18.7 Å². The molecule has 0 unspecified atom stereocenters. The number of methoxy groups -OCH3 is 1. The summed E-state index contributed by atoms with van der Waals surface area (Å²) >= 11 is 0. The highest BCUT2D eigenvalue weighted by Crippen LogP contribution is 2.55. The minimum absolute atomic E-state index is 0.00821. The second-order valence-corrected chi connectivity index (χ2v) is 13.5. The van der Waals surface area contributed by atoms with E-state index in [1.54, 1.807) is 71.9 Å². The second-order valence-electron chi connectivity index (χ2n) is 12.0. The average molecular weight is 656 g/mol. The molecule has 0 aromatic heterocycles. The summed E-state index contributed by atoms with van der Waals surface area (Å²) in [6.45, 7) is 10.1. The Morgan fingerprint density at radius 1 is 0.761 bits per heavy atom. The fourth-order valence-corrected chi connectivity index (χ4v) is 5.44. The maximum Gasteiger partial charge on any atom is 0.478 e. The third kappa shape index (κ3) is 13.1. The predicted octanol–water partition coefficient (Wildman–Crippen LogP) is 7.80. The molecule has 46 heavy (non-hydrogen) atoms. The lowest BCUT2D eigenvalue weighted by atomic mass is 10.1. The van der Waals surface area contributed by atoms with Crippen molar-refractivity contribution in [2.75, 3.05) is 13.9 Å². The number of carbonyl (C=O) groups is 2. The van der Waals surface area contributed by atoms with Crippen molar-refractivity contribution in [3.8, 4) is 11.5 Å². The zero-order valence-corrected chi connectivity index (χ0v) is 28.1. The molecule has 0 saturated heterocycles. The van der Waals surface area contributed by atoms with E-state index in [4.69, 9.17) is 32.5 Å². The van der Waals surface area contributed by atoms with Crippen LogP contribution in [-0.2, 0) is 45.6 Å². The number of ether oxygens (including phenoxy) is 4. The molecule has 0 radical (unpaired) electrons. The monoisotopic (exact) mass is 655 g/mol. The van der Waals surface area contributed by atoms with Gasteiger partial charge in [-0.1, -0.05) is 66.7 Å². The van der Waals surface area contributed by atoms with Crippen LogP contribution in [-0.4, -0.2) is 37.2 Å². The van der Waals surface area contributed by atoms with Crippen LogP contribution in [0, 0.1) is 0 Å². The van der Waals surface area contributed by atoms with Crippen molar-refractivity contribution in [3.63, 3.8) is 0 Å². The number of benzene rings is 3. The number of hydrogen-bond donors (Lipinski definition) is 1. The number of phosphoric acid groups is 1. The number of carbonyl (C=O) groups excluding carboxylic acids is 2. The Balaban J connectivity index is 1.85. The fraction of sp³-hybridized carbons (Fsp3) is 0.353. The van der Waals surface area contributed by atoms with E-state index in [-0.39, 0.29) is 24.7 Å². The molecule has 0 aliphatic carbocycles. The highest BCUT2D eigenvalue weighted by molar-refractivity contribution is 7.48. The van der Waals surface area contributed by atoms with Gasteiger partial charge in [-0.2, -0.15) is 0 Å². The molecule has 248 valence electrons. The van der Waals surface area contributed by atoms with E-state index in [0.29, 0.717) is 11.3 Å². The van der Waals surface area contributed by atoms with Crippen LogP contribution in [0.1, 0.15) is 58.2 Å². The van der Waals surface area contributed by atoms with Crippen LogP contribution >= 0.6 is 7.82 Å². The van der Waals surface area contributed by atoms with E-state index in [0.717, 1.165) is 11.1 Å². The van der Waals surface area contributed by atoms with E-state index in [1.165, 1.54) is 13.2 Å². The van der Waals surface area contributed by atoms with Gasteiger partial charge in [0.1, 0.15) is 18.9 Å². The Morgan fingerprint density at radius 2 is 1.33 bits per heavy atom. The normalized spacial score (nSPS) is 12.3. The Kier molecular flexibility index (Phi) is 13.0. The van der Waals surface area contributed by atoms with Gasteiger partial charge in [-0.15, -0.1) is 0 Å². The number of amides is 1. The Bertz CT molecular complexity index is 1490. The summed E-state index contributed by atoms with van der Waals surface area (Å²) in [7, 11) is -2.88. The fourth-order valence-electron chi connectivity index (χ4n) is 3.77. The zero-order valence-electron chi connectivity index (χ0n) is 27.2. The van der Waals surface area contributed by atoms with Crippen molar-refractivity contribution in [1.29, 1.82) is 0 Å². The van der Waals surface area contributed by atoms with Gasteiger partial charge in [0.2, 0.25) is 6.79 Å². The van der Waals surface area contributed by atoms with Crippen LogP contribution in [0.4, 0.5) is 4.79 Å². The van der Waals surface area contributed by atoms with Crippen molar-refractivity contribution in [1.82, 2.24) is 5.32 Å². The molecule has 0 atom stereocenters. The van der Waals surface area contributed by atoms with Crippen LogP contribution < -0.4 is 14.8 Å². The van der Waals surface area contributed by atoms with Crippen molar-refractivity contribution in [2.24, 2.45) is 0 Å². The molecule has 12 heteroatoms. The van der Waals surface area contributed by atoms with Crippen LogP contribution in [0.25, 0.3) is 6.08 Å². The van der Waals surface area contributed by atoms with Gasteiger partial charge >= 0.3 is 19.9 Å². The lowest BCUT2D eigenvalue weighted by Crippen LogP contribution is -2.28. The number of nitrogens with one attached hydrogen (secondary N) is 1. The van der Waals surface area contributed by atoms with Gasteiger partial charge in [-0.3, -0.25) is 14.4 Å². The first-order chi connectivity index (χ1) is 21.6. The van der Waals surface area contributed by atoms with Crippen molar-refractivity contribution >= 4 is 26.0 Å².